The van der Waals surface area contributed by atoms with Crippen molar-refractivity contribution in [3.8, 4) is 5.75 Å². The summed E-state index contributed by atoms with van der Waals surface area (Å²) in [6.45, 7) is 1.27. The average Bonchev–Trinajstić information content (AvgIpc) is 3.39. The summed E-state index contributed by atoms with van der Waals surface area (Å²) in [5.41, 5.74) is 2.22. The summed E-state index contributed by atoms with van der Waals surface area (Å²) in [5.74, 6) is 0.258. The largest absolute Gasteiger partial charge is 0.497 e. The van der Waals surface area contributed by atoms with Crippen LogP contribution in [0, 0.1) is 0 Å². The number of thiophene rings is 1. The monoisotopic (exact) mass is 414 g/mol. The van der Waals surface area contributed by atoms with Crippen molar-refractivity contribution in [3.05, 3.63) is 45.8 Å². The summed E-state index contributed by atoms with van der Waals surface area (Å²) in [5, 5.41) is 6.63. The SMILES string of the molecule is COc1cccc(C(=O)Nc2sc3c(c2C(=O)NC[C@@H]2CCCO2)CCCC3)c1. The molecule has 2 N–H and O–H groups in total. The molecular weight excluding hydrogens is 388 g/mol. The van der Waals surface area contributed by atoms with Crippen LogP contribution in [-0.2, 0) is 17.6 Å². The molecule has 0 bridgehead atoms. The van der Waals surface area contributed by atoms with Gasteiger partial charge in [-0.05, 0) is 62.3 Å². The van der Waals surface area contributed by atoms with E-state index in [2.05, 4.69) is 10.6 Å². The lowest BCUT2D eigenvalue weighted by atomic mass is 9.95. The molecule has 154 valence electrons. The van der Waals surface area contributed by atoms with Crippen LogP contribution in [0.15, 0.2) is 24.3 Å². The highest BCUT2D eigenvalue weighted by Crippen LogP contribution is 2.38. The fourth-order valence-electron chi connectivity index (χ4n) is 3.93. The molecule has 0 saturated carbocycles. The van der Waals surface area contributed by atoms with Crippen LogP contribution in [0.3, 0.4) is 0 Å². The second-order valence-corrected chi connectivity index (χ2v) is 8.55. The molecule has 4 rings (SSSR count). The minimum absolute atomic E-state index is 0.0863. The van der Waals surface area contributed by atoms with Gasteiger partial charge in [0.05, 0.1) is 18.8 Å². The van der Waals surface area contributed by atoms with Gasteiger partial charge in [0.15, 0.2) is 0 Å². The Hall–Kier alpha value is -2.38. The predicted octanol–water partition coefficient (Wildman–Crippen LogP) is 3.80. The summed E-state index contributed by atoms with van der Waals surface area (Å²) in [7, 11) is 1.57. The summed E-state index contributed by atoms with van der Waals surface area (Å²) < 4.78 is 10.8. The minimum Gasteiger partial charge on any atom is -0.497 e. The first-order chi connectivity index (χ1) is 14.2. The van der Waals surface area contributed by atoms with E-state index in [0.717, 1.165) is 50.7 Å². The Labute approximate surface area is 174 Å². The summed E-state index contributed by atoms with van der Waals surface area (Å²) >= 11 is 1.53. The number of nitrogens with one attached hydrogen (secondary N) is 2. The van der Waals surface area contributed by atoms with Crippen molar-refractivity contribution in [1.29, 1.82) is 0 Å². The van der Waals surface area contributed by atoms with Crippen LogP contribution in [0.25, 0.3) is 0 Å². The number of rotatable bonds is 6. The number of carbonyl (C=O) groups excluding carboxylic acids is 2. The molecule has 2 aromatic rings. The maximum atomic E-state index is 13.0. The number of fused-ring (bicyclic) bond motifs is 1. The number of ether oxygens (including phenoxy) is 2. The highest BCUT2D eigenvalue weighted by atomic mass is 32.1. The molecule has 2 amide bonds. The fourth-order valence-corrected chi connectivity index (χ4v) is 5.22. The normalized spacial score (nSPS) is 18.2. The maximum absolute atomic E-state index is 13.0. The van der Waals surface area contributed by atoms with Gasteiger partial charge in [-0.3, -0.25) is 9.59 Å². The van der Waals surface area contributed by atoms with E-state index in [0.29, 0.717) is 28.4 Å². The molecule has 1 aromatic carbocycles. The predicted molar refractivity (Wildman–Crippen MR) is 113 cm³/mol. The molecule has 0 unspecified atom stereocenters. The summed E-state index contributed by atoms with van der Waals surface area (Å²) in [6.07, 6.45) is 6.12. The third-order valence-corrected chi connectivity index (χ3v) is 6.68. The number of amides is 2. The Balaban J connectivity index is 1.56. The Bertz CT molecular complexity index is 902. The van der Waals surface area contributed by atoms with Crippen molar-refractivity contribution in [2.24, 2.45) is 0 Å². The van der Waals surface area contributed by atoms with Gasteiger partial charge in [-0.2, -0.15) is 0 Å². The van der Waals surface area contributed by atoms with Crippen LogP contribution in [0.2, 0.25) is 0 Å². The van der Waals surface area contributed by atoms with E-state index in [4.69, 9.17) is 9.47 Å². The van der Waals surface area contributed by atoms with Gasteiger partial charge in [0, 0.05) is 23.6 Å². The van der Waals surface area contributed by atoms with Crippen molar-refractivity contribution in [2.75, 3.05) is 25.6 Å². The quantitative estimate of drug-likeness (QED) is 0.754. The maximum Gasteiger partial charge on any atom is 0.256 e. The Morgan fingerprint density at radius 2 is 2.07 bits per heavy atom. The molecular formula is C22H26N2O4S. The van der Waals surface area contributed by atoms with Gasteiger partial charge in [0.2, 0.25) is 0 Å². The lowest BCUT2D eigenvalue weighted by Gasteiger charge is -2.15. The molecule has 1 aromatic heterocycles. The van der Waals surface area contributed by atoms with Gasteiger partial charge in [0.1, 0.15) is 10.8 Å². The van der Waals surface area contributed by atoms with Crippen LogP contribution in [0.4, 0.5) is 5.00 Å². The molecule has 0 radical (unpaired) electrons. The number of hydrogen-bond acceptors (Lipinski definition) is 5. The van der Waals surface area contributed by atoms with Crippen LogP contribution in [0.5, 0.6) is 5.75 Å². The van der Waals surface area contributed by atoms with Crippen molar-refractivity contribution >= 4 is 28.2 Å². The lowest BCUT2D eigenvalue weighted by Crippen LogP contribution is -2.32. The molecule has 1 fully saturated rings. The molecule has 2 aliphatic rings. The fraction of sp³-hybridized carbons (Fsp3) is 0.455. The number of hydrogen-bond donors (Lipinski definition) is 2. The third kappa shape index (κ3) is 4.46. The second kappa shape index (κ2) is 8.97. The van der Waals surface area contributed by atoms with Gasteiger partial charge >= 0.3 is 0 Å². The van der Waals surface area contributed by atoms with Gasteiger partial charge < -0.3 is 20.1 Å². The Morgan fingerprint density at radius 1 is 1.21 bits per heavy atom. The highest BCUT2D eigenvalue weighted by molar-refractivity contribution is 7.17. The summed E-state index contributed by atoms with van der Waals surface area (Å²) in [6, 6.07) is 7.01. The van der Waals surface area contributed by atoms with E-state index < -0.39 is 0 Å². The molecule has 7 heteroatoms. The molecule has 29 heavy (non-hydrogen) atoms. The average molecular weight is 415 g/mol. The lowest BCUT2D eigenvalue weighted by molar-refractivity contribution is 0.0858. The smallest absolute Gasteiger partial charge is 0.256 e. The number of anilines is 1. The minimum atomic E-state index is -0.240. The van der Waals surface area contributed by atoms with E-state index in [1.807, 2.05) is 0 Å². The molecule has 1 saturated heterocycles. The number of benzene rings is 1. The molecule has 1 atom stereocenters. The van der Waals surface area contributed by atoms with E-state index in [1.165, 1.54) is 16.2 Å². The molecule has 1 aliphatic heterocycles. The van der Waals surface area contributed by atoms with Crippen molar-refractivity contribution in [2.45, 2.75) is 44.6 Å². The zero-order valence-electron chi connectivity index (χ0n) is 16.6. The van der Waals surface area contributed by atoms with Gasteiger partial charge in [-0.15, -0.1) is 11.3 Å². The zero-order valence-corrected chi connectivity index (χ0v) is 17.4. The van der Waals surface area contributed by atoms with Crippen LogP contribution in [0.1, 0.15) is 56.8 Å². The van der Waals surface area contributed by atoms with Gasteiger partial charge in [-0.1, -0.05) is 6.07 Å². The van der Waals surface area contributed by atoms with E-state index in [-0.39, 0.29) is 17.9 Å². The topological polar surface area (TPSA) is 76.7 Å². The van der Waals surface area contributed by atoms with E-state index in [1.54, 1.807) is 31.4 Å². The van der Waals surface area contributed by atoms with Crippen LogP contribution in [-0.4, -0.2) is 38.2 Å². The first-order valence-electron chi connectivity index (χ1n) is 10.2. The van der Waals surface area contributed by atoms with E-state index >= 15 is 0 Å². The molecule has 0 spiro atoms. The van der Waals surface area contributed by atoms with Crippen LogP contribution >= 0.6 is 11.3 Å². The van der Waals surface area contributed by atoms with Crippen molar-refractivity contribution in [1.82, 2.24) is 5.32 Å². The Kier molecular flexibility index (Phi) is 6.16. The molecule has 6 nitrogen and oxygen atoms in total. The van der Waals surface area contributed by atoms with Crippen molar-refractivity contribution in [3.63, 3.8) is 0 Å². The standard InChI is InChI=1S/C22H26N2O4S/c1-27-15-7-4-6-14(12-15)20(25)24-22-19(17-9-2-3-10-18(17)29-22)21(26)23-13-16-8-5-11-28-16/h4,6-7,12,16H,2-3,5,8-11,13H2,1H3,(H,23,26)(H,24,25)/t16-/m0/s1. The Morgan fingerprint density at radius 3 is 2.86 bits per heavy atom. The number of carbonyl (C=O) groups is 2. The third-order valence-electron chi connectivity index (χ3n) is 5.47. The zero-order chi connectivity index (χ0) is 20.2. The van der Waals surface area contributed by atoms with Gasteiger partial charge in [-0.25, -0.2) is 0 Å². The molecule has 1 aliphatic carbocycles. The second-order valence-electron chi connectivity index (χ2n) is 7.45. The summed E-state index contributed by atoms with van der Waals surface area (Å²) in [4.78, 5) is 27.1. The van der Waals surface area contributed by atoms with Gasteiger partial charge in [0.25, 0.3) is 11.8 Å². The van der Waals surface area contributed by atoms with Crippen molar-refractivity contribution < 1.29 is 19.1 Å². The highest BCUT2D eigenvalue weighted by Gasteiger charge is 2.27. The van der Waals surface area contributed by atoms with E-state index in [9.17, 15) is 9.59 Å². The van der Waals surface area contributed by atoms with Crippen LogP contribution < -0.4 is 15.4 Å². The number of methoxy groups -OCH3 is 1. The molecule has 2 heterocycles. The first-order valence-corrected chi connectivity index (χ1v) is 11.0. The number of aryl methyl sites for hydroxylation is 1. The first kappa shape index (κ1) is 19.9.